The van der Waals surface area contributed by atoms with Crippen molar-refractivity contribution in [2.24, 2.45) is 0 Å². The molecular formula is C15H17ClN4O3. The van der Waals surface area contributed by atoms with Crippen LogP contribution >= 0.6 is 11.6 Å². The van der Waals surface area contributed by atoms with Crippen LogP contribution in [0.3, 0.4) is 0 Å². The maximum Gasteiger partial charge on any atom is 0.319 e. The number of urea groups is 1. The topological polar surface area (TPSA) is 100 Å². The first-order chi connectivity index (χ1) is 11.1. The third-order valence-electron chi connectivity index (χ3n) is 3.50. The van der Waals surface area contributed by atoms with Crippen LogP contribution in [0, 0.1) is 0 Å². The minimum Gasteiger partial charge on any atom is -0.394 e. The van der Waals surface area contributed by atoms with E-state index in [1.165, 1.54) is 0 Å². The van der Waals surface area contributed by atoms with Gasteiger partial charge in [0.2, 0.25) is 0 Å². The summed E-state index contributed by atoms with van der Waals surface area (Å²) >= 11 is 6.01. The number of hydrogen-bond donors (Lipinski definition) is 3. The molecule has 1 aromatic heterocycles. The molecule has 1 saturated carbocycles. The number of carbonyl (C=O) groups is 1. The predicted octanol–water partition coefficient (Wildman–Crippen LogP) is 2.77. The van der Waals surface area contributed by atoms with E-state index in [0.717, 1.165) is 12.8 Å². The molecule has 1 aromatic carbocycles. The van der Waals surface area contributed by atoms with Gasteiger partial charge < -0.3 is 20.3 Å². The Balaban J connectivity index is 1.83. The molecule has 3 rings (SSSR count). The SMILES string of the molecule is CC(CO)NC(=O)Nc1cc(Cl)ccc1-c1nc(C2CC2)no1. The summed E-state index contributed by atoms with van der Waals surface area (Å²) in [5.74, 6) is 1.42. The molecule has 1 fully saturated rings. The lowest BCUT2D eigenvalue weighted by Crippen LogP contribution is -2.38. The van der Waals surface area contributed by atoms with Crippen LogP contribution in [0.25, 0.3) is 11.5 Å². The van der Waals surface area contributed by atoms with Crippen molar-refractivity contribution in [2.45, 2.75) is 31.7 Å². The third-order valence-corrected chi connectivity index (χ3v) is 3.73. The molecule has 0 aliphatic heterocycles. The normalized spacial score (nSPS) is 15.3. The van der Waals surface area contributed by atoms with Crippen molar-refractivity contribution in [2.75, 3.05) is 11.9 Å². The van der Waals surface area contributed by atoms with Crippen LogP contribution in [0.5, 0.6) is 0 Å². The van der Waals surface area contributed by atoms with E-state index in [1.807, 2.05) is 0 Å². The zero-order chi connectivity index (χ0) is 16.4. The molecule has 23 heavy (non-hydrogen) atoms. The summed E-state index contributed by atoms with van der Waals surface area (Å²) in [6.45, 7) is 1.54. The average molecular weight is 337 g/mol. The molecule has 3 N–H and O–H groups in total. The van der Waals surface area contributed by atoms with Crippen molar-refractivity contribution < 1.29 is 14.4 Å². The van der Waals surface area contributed by atoms with Gasteiger partial charge in [-0.2, -0.15) is 4.98 Å². The van der Waals surface area contributed by atoms with Gasteiger partial charge in [0.15, 0.2) is 5.82 Å². The first kappa shape index (κ1) is 15.8. The Hall–Kier alpha value is -2.12. The number of nitrogens with one attached hydrogen (secondary N) is 2. The molecule has 1 unspecified atom stereocenters. The van der Waals surface area contributed by atoms with Gasteiger partial charge in [0, 0.05) is 10.9 Å². The average Bonchev–Trinajstić information content (AvgIpc) is 3.25. The minimum atomic E-state index is -0.447. The van der Waals surface area contributed by atoms with E-state index >= 15 is 0 Å². The maximum atomic E-state index is 12.0. The van der Waals surface area contributed by atoms with E-state index in [9.17, 15) is 4.79 Å². The Bertz CT molecular complexity index is 714. The standard InChI is InChI=1S/C15H17ClN4O3/c1-8(7-21)17-15(22)18-12-6-10(16)4-5-11(12)14-19-13(20-23-14)9-2-3-9/h4-6,8-9,21H,2-3,7H2,1H3,(H2,17,18,22). The van der Waals surface area contributed by atoms with E-state index < -0.39 is 6.03 Å². The number of rotatable bonds is 5. The molecule has 1 aliphatic carbocycles. The predicted molar refractivity (Wildman–Crippen MR) is 85.4 cm³/mol. The number of aliphatic hydroxyl groups is 1. The number of hydrogen-bond acceptors (Lipinski definition) is 5. The van der Waals surface area contributed by atoms with Crippen LogP contribution in [-0.2, 0) is 0 Å². The van der Waals surface area contributed by atoms with Gasteiger partial charge in [-0.3, -0.25) is 0 Å². The Morgan fingerprint density at radius 1 is 1.52 bits per heavy atom. The molecular weight excluding hydrogens is 320 g/mol. The second-order valence-electron chi connectivity index (χ2n) is 5.60. The highest BCUT2D eigenvalue weighted by molar-refractivity contribution is 6.31. The summed E-state index contributed by atoms with van der Waals surface area (Å²) in [6, 6.07) is 4.22. The van der Waals surface area contributed by atoms with Crippen molar-refractivity contribution in [3.8, 4) is 11.5 Å². The lowest BCUT2D eigenvalue weighted by atomic mass is 10.1. The molecule has 1 heterocycles. The van der Waals surface area contributed by atoms with Gasteiger partial charge in [0.25, 0.3) is 5.89 Å². The van der Waals surface area contributed by atoms with Gasteiger partial charge in [-0.1, -0.05) is 16.8 Å². The second kappa shape index (κ2) is 6.55. The first-order valence-electron chi connectivity index (χ1n) is 7.38. The van der Waals surface area contributed by atoms with Gasteiger partial charge in [-0.25, -0.2) is 4.79 Å². The summed E-state index contributed by atoms with van der Waals surface area (Å²) in [5, 5.41) is 18.7. The molecule has 0 spiro atoms. The fourth-order valence-corrected chi connectivity index (χ4v) is 2.26. The molecule has 7 nitrogen and oxygen atoms in total. The number of benzene rings is 1. The van der Waals surface area contributed by atoms with E-state index in [2.05, 4.69) is 20.8 Å². The van der Waals surface area contributed by atoms with Crippen molar-refractivity contribution >= 4 is 23.3 Å². The minimum absolute atomic E-state index is 0.149. The molecule has 122 valence electrons. The number of nitrogens with zero attached hydrogens (tertiary/aromatic N) is 2. The Kier molecular flexibility index (Phi) is 4.49. The van der Waals surface area contributed by atoms with Crippen molar-refractivity contribution in [3.63, 3.8) is 0 Å². The van der Waals surface area contributed by atoms with Crippen LogP contribution < -0.4 is 10.6 Å². The molecule has 2 aromatic rings. The number of amides is 2. The molecule has 1 atom stereocenters. The molecule has 0 radical (unpaired) electrons. The van der Waals surface area contributed by atoms with Gasteiger partial charge >= 0.3 is 6.03 Å². The molecule has 1 aliphatic rings. The van der Waals surface area contributed by atoms with E-state index in [-0.39, 0.29) is 12.6 Å². The Morgan fingerprint density at radius 3 is 3.00 bits per heavy atom. The third kappa shape index (κ3) is 3.80. The van der Waals surface area contributed by atoms with E-state index in [4.69, 9.17) is 21.2 Å². The zero-order valence-corrected chi connectivity index (χ0v) is 13.3. The van der Waals surface area contributed by atoms with Crippen LogP contribution in [0.4, 0.5) is 10.5 Å². The van der Waals surface area contributed by atoms with Gasteiger partial charge in [-0.15, -0.1) is 0 Å². The summed E-state index contributed by atoms with van der Waals surface area (Å²) in [4.78, 5) is 16.3. The van der Waals surface area contributed by atoms with Crippen molar-refractivity contribution in [3.05, 3.63) is 29.0 Å². The Labute approximate surface area is 138 Å². The first-order valence-corrected chi connectivity index (χ1v) is 7.76. The summed E-state index contributed by atoms with van der Waals surface area (Å²) < 4.78 is 5.30. The monoisotopic (exact) mass is 336 g/mol. The second-order valence-corrected chi connectivity index (χ2v) is 6.04. The van der Waals surface area contributed by atoms with Crippen molar-refractivity contribution in [1.82, 2.24) is 15.5 Å². The smallest absolute Gasteiger partial charge is 0.319 e. The highest BCUT2D eigenvalue weighted by Crippen LogP contribution is 2.39. The number of carbonyl (C=O) groups excluding carboxylic acids is 1. The maximum absolute atomic E-state index is 12.0. The van der Waals surface area contributed by atoms with Crippen LogP contribution in [-0.4, -0.2) is 33.9 Å². The Morgan fingerprint density at radius 2 is 2.30 bits per heavy atom. The van der Waals surface area contributed by atoms with E-state index in [1.54, 1.807) is 25.1 Å². The summed E-state index contributed by atoms with van der Waals surface area (Å²) in [5.41, 5.74) is 1.06. The molecule has 0 bridgehead atoms. The largest absolute Gasteiger partial charge is 0.394 e. The molecule has 0 saturated heterocycles. The summed E-state index contributed by atoms with van der Waals surface area (Å²) in [6.07, 6.45) is 2.15. The number of halogens is 1. The van der Waals surface area contributed by atoms with Crippen molar-refractivity contribution in [1.29, 1.82) is 0 Å². The van der Waals surface area contributed by atoms with E-state index in [0.29, 0.717) is 33.9 Å². The number of aromatic nitrogens is 2. The highest BCUT2D eigenvalue weighted by Gasteiger charge is 2.29. The fourth-order valence-electron chi connectivity index (χ4n) is 2.09. The quantitative estimate of drug-likeness (QED) is 0.779. The lowest BCUT2D eigenvalue weighted by molar-refractivity contribution is 0.229. The van der Waals surface area contributed by atoms with Crippen LogP contribution in [0.2, 0.25) is 5.02 Å². The number of anilines is 1. The highest BCUT2D eigenvalue weighted by atomic mass is 35.5. The van der Waals surface area contributed by atoms with Gasteiger partial charge in [0.1, 0.15) is 0 Å². The lowest BCUT2D eigenvalue weighted by Gasteiger charge is -2.13. The zero-order valence-electron chi connectivity index (χ0n) is 12.5. The number of aliphatic hydroxyl groups excluding tert-OH is 1. The van der Waals surface area contributed by atoms with Gasteiger partial charge in [0.05, 0.1) is 23.9 Å². The molecule has 8 heteroatoms. The van der Waals surface area contributed by atoms with Gasteiger partial charge in [-0.05, 0) is 38.0 Å². The van der Waals surface area contributed by atoms with Crippen LogP contribution in [0.1, 0.15) is 31.5 Å². The molecule has 2 amide bonds. The van der Waals surface area contributed by atoms with Crippen LogP contribution in [0.15, 0.2) is 22.7 Å². The summed E-state index contributed by atoms with van der Waals surface area (Å²) in [7, 11) is 0. The fraction of sp³-hybridized carbons (Fsp3) is 0.400.